The molecule has 1 aliphatic heterocycles. The number of pyridine rings is 1. The van der Waals surface area contributed by atoms with E-state index in [0.717, 1.165) is 56.2 Å². The van der Waals surface area contributed by atoms with Crippen LogP contribution in [0.2, 0.25) is 0 Å². The number of ether oxygens (including phenoxy) is 2. The summed E-state index contributed by atoms with van der Waals surface area (Å²) >= 11 is 0. The minimum absolute atomic E-state index is 0.200. The predicted molar refractivity (Wildman–Crippen MR) is 105 cm³/mol. The monoisotopic (exact) mass is 371 g/mol. The zero-order valence-electron chi connectivity index (χ0n) is 16.2. The van der Waals surface area contributed by atoms with Gasteiger partial charge in [-0.15, -0.1) is 0 Å². The van der Waals surface area contributed by atoms with Crippen LogP contribution in [0, 0.1) is 0 Å². The average molecular weight is 371 g/mol. The van der Waals surface area contributed by atoms with Gasteiger partial charge in [-0.2, -0.15) is 0 Å². The molecule has 3 rings (SSSR count). The molecule has 0 unspecified atom stereocenters. The summed E-state index contributed by atoms with van der Waals surface area (Å²) in [6.45, 7) is 4.86. The first kappa shape index (κ1) is 19.6. The van der Waals surface area contributed by atoms with E-state index in [1.807, 2.05) is 18.5 Å². The smallest absolute Gasteiger partial charge is 0.122 e. The van der Waals surface area contributed by atoms with Crippen molar-refractivity contribution in [2.75, 3.05) is 40.5 Å². The van der Waals surface area contributed by atoms with Gasteiger partial charge >= 0.3 is 0 Å². The molecule has 0 saturated carbocycles. The van der Waals surface area contributed by atoms with Crippen LogP contribution in [0.1, 0.15) is 17.5 Å². The number of aromatic nitrogens is 1. The van der Waals surface area contributed by atoms with E-state index in [1.165, 1.54) is 5.56 Å². The van der Waals surface area contributed by atoms with Crippen molar-refractivity contribution in [2.24, 2.45) is 0 Å². The van der Waals surface area contributed by atoms with Crippen LogP contribution < -0.4 is 9.47 Å². The fourth-order valence-corrected chi connectivity index (χ4v) is 3.67. The molecule has 1 aromatic carbocycles. The van der Waals surface area contributed by atoms with Crippen molar-refractivity contribution in [1.82, 2.24) is 14.8 Å². The van der Waals surface area contributed by atoms with Gasteiger partial charge in [0.05, 0.1) is 14.2 Å². The van der Waals surface area contributed by atoms with Crippen LogP contribution in [-0.2, 0) is 13.1 Å². The van der Waals surface area contributed by atoms with Crippen molar-refractivity contribution in [1.29, 1.82) is 0 Å². The van der Waals surface area contributed by atoms with E-state index in [-0.39, 0.29) is 6.61 Å². The Bertz CT molecular complexity index is 689. The molecule has 2 heterocycles. The number of hydrogen-bond donors (Lipinski definition) is 1. The zero-order chi connectivity index (χ0) is 19.1. The van der Waals surface area contributed by atoms with Gasteiger partial charge < -0.3 is 14.6 Å². The Kier molecular flexibility index (Phi) is 7.04. The minimum atomic E-state index is 0.200. The van der Waals surface area contributed by atoms with E-state index in [1.54, 1.807) is 14.2 Å². The van der Waals surface area contributed by atoms with Gasteiger partial charge in [-0.3, -0.25) is 14.8 Å². The molecule has 6 heteroatoms. The average Bonchev–Trinajstić information content (AvgIpc) is 2.70. The molecule has 1 aromatic heterocycles. The predicted octanol–water partition coefficient (Wildman–Crippen LogP) is 2.17. The first-order valence-corrected chi connectivity index (χ1v) is 9.40. The number of aliphatic hydroxyl groups is 1. The van der Waals surface area contributed by atoms with Crippen LogP contribution in [-0.4, -0.2) is 66.4 Å². The standard InChI is InChI=1S/C21H29N3O3/c1-26-20-11-18(12-21(13-20)27-2)15-24-9-8-23(16-19(24)5-10-25)14-17-3-6-22-7-4-17/h3-4,6-7,11-13,19,25H,5,8-10,14-16H2,1-2H3/t19-/m0/s1. The van der Waals surface area contributed by atoms with Crippen molar-refractivity contribution in [3.63, 3.8) is 0 Å². The molecule has 1 fully saturated rings. The van der Waals surface area contributed by atoms with E-state index < -0.39 is 0 Å². The lowest BCUT2D eigenvalue weighted by Gasteiger charge is -2.41. The maximum Gasteiger partial charge on any atom is 0.122 e. The number of methoxy groups -OCH3 is 2. The number of benzene rings is 1. The Balaban J connectivity index is 1.67. The van der Waals surface area contributed by atoms with E-state index in [0.29, 0.717) is 6.04 Å². The third-order valence-electron chi connectivity index (χ3n) is 5.10. The molecule has 1 atom stereocenters. The number of aliphatic hydroxyl groups excluding tert-OH is 1. The van der Waals surface area contributed by atoms with Gasteiger partial charge in [-0.05, 0) is 41.8 Å². The normalized spacial score (nSPS) is 18.4. The van der Waals surface area contributed by atoms with Gasteiger partial charge in [0.1, 0.15) is 11.5 Å². The first-order chi connectivity index (χ1) is 13.2. The van der Waals surface area contributed by atoms with E-state index in [4.69, 9.17) is 9.47 Å². The maximum atomic E-state index is 9.55. The Labute approximate surface area is 161 Å². The highest BCUT2D eigenvalue weighted by molar-refractivity contribution is 5.38. The van der Waals surface area contributed by atoms with Crippen LogP contribution >= 0.6 is 0 Å². The second-order valence-corrected chi connectivity index (χ2v) is 6.95. The third-order valence-corrected chi connectivity index (χ3v) is 5.10. The lowest BCUT2D eigenvalue weighted by atomic mass is 10.1. The number of hydrogen-bond acceptors (Lipinski definition) is 6. The van der Waals surface area contributed by atoms with E-state index >= 15 is 0 Å². The zero-order valence-corrected chi connectivity index (χ0v) is 16.2. The van der Waals surface area contributed by atoms with Crippen molar-refractivity contribution >= 4 is 0 Å². The lowest BCUT2D eigenvalue weighted by Crippen LogP contribution is -2.52. The summed E-state index contributed by atoms with van der Waals surface area (Å²) in [6.07, 6.45) is 4.45. The molecule has 0 aliphatic carbocycles. The Morgan fingerprint density at radius 2 is 1.70 bits per heavy atom. The molecule has 0 amide bonds. The fraction of sp³-hybridized carbons (Fsp3) is 0.476. The van der Waals surface area contributed by atoms with Crippen LogP contribution in [0.3, 0.4) is 0 Å². The second kappa shape index (κ2) is 9.69. The molecule has 1 N–H and O–H groups in total. The van der Waals surface area contributed by atoms with E-state index in [9.17, 15) is 5.11 Å². The summed E-state index contributed by atoms with van der Waals surface area (Å²) in [5.74, 6) is 1.61. The highest BCUT2D eigenvalue weighted by atomic mass is 16.5. The minimum Gasteiger partial charge on any atom is -0.497 e. The molecule has 2 aromatic rings. The molecule has 1 saturated heterocycles. The van der Waals surface area contributed by atoms with Crippen LogP contribution in [0.4, 0.5) is 0 Å². The van der Waals surface area contributed by atoms with E-state index in [2.05, 4.69) is 39.0 Å². The summed E-state index contributed by atoms with van der Waals surface area (Å²) in [7, 11) is 3.34. The van der Waals surface area contributed by atoms with Crippen molar-refractivity contribution in [3.05, 3.63) is 53.9 Å². The summed E-state index contributed by atoms with van der Waals surface area (Å²) in [4.78, 5) is 9.00. The number of rotatable bonds is 8. The topological polar surface area (TPSA) is 58.1 Å². The molecule has 0 bridgehead atoms. The second-order valence-electron chi connectivity index (χ2n) is 6.95. The van der Waals surface area contributed by atoms with Gasteiger partial charge in [0.2, 0.25) is 0 Å². The van der Waals surface area contributed by atoms with Crippen LogP contribution in [0.5, 0.6) is 11.5 Å². The molecular formula is C21H29N3O3. The van der Waals surface area contributed by atoms with Gasteiger partial charge in [0.15, 0.2) is 0 Å². The summed E-state index contributed by atoms with van der Waals surface area (Å²) < 4.78 is 10.8. The van der Waals surface area contributed by atoms with Gasteiger partial charge in [-0.25, -0.2) is 0 Å². The molecule has 0 spiro atoms. The molecule has 146 valence electrons. The van der Waals surface area contributed by atoms with Crippen molar-refractivity contribution in [3.8, 4) is 11.5 Å². The summed E-state index contributed by atoms with van der Waals surface area (Å²) in [5, 5.41) is 9.55. The molecule has 27 heavy (non-hydrogen) atoms. The van der Waals surface area contributed by atoms with Crippen LogP contribution in [0.15, 0.2) is 42.7 Å². The lowest BCUT2D eigenvalue weighted by molar-refractivity contribution is 0.0499. The Hall–Kier alpha value is -2.15. The third kappa shape index (κ3) is 5.42. The SMILES string of the molecule is COc1cc(CN2CCN(Cc3ccncc3)C[C@@H]2CCO)cc(OC)c1. The largest absolute Gasteiger partial charge is 0.497 e. The molecule has 1 aliphatic rings. The van der Waals surface area contributed by atoms with Crippen LogP contribution in [0.25, 0.3) is 0 Å². The van der Waals surface area contributed by atoms with Gasteiger partial charge in [0, 0.05) is 63.8 Å². The Morgan fingerprint density at radius 1 is 1.00 bits per heavy atom. The van der Waals surface area contributed by atoms with Gasteiger partial charge in [0.25, 0.3) is 0 Å². The van der Waals surface area contributed by atoms with Crippen molar-refractivity contribution in [2.45, 2.75) is 25.6 Å². The number of nitrogens with zero attached hydrogens (tertiary/aromatic N) is 3. The quantitative estimate of drug-likeness (QED) is 0.768. The number of piperazine rings is 1. The van der Waals surface area contributed by atoms with Gasteiger partial charge in [-0.1, -0.05) is 0 Å². The summed E-state index contributed by atoms with van der Waals surface area (Å²) in [6, 6.07) is 10.5. The maximum absolute atomic E-state index is 9.55. The highest BCUT2D eigenvalue weighted by Crippen LogP contribution is 2.25. The highest BCUT2D eigenvalue weighted by Gasteiger charge is 2.26. The molecule has 0 radical (unpaired) electrons. The van der Waals surface area contributed by atoms with Crippen molar-refractivity contribution < 1.29 is 14.6 Å². The molecule has 6 nitrogen and oxygen atoms in total. The Morgan fingerprint density at radius 3 is 2.33 bits per heavy atom. The fourth-order valence-electron chi connectivity index (χ4n) is 3.67. The first-order valence-electron chi connectivity index (χ1n) is 9.40. The summed E-state index contributed by atoms with van der Waals surface area (Å²) in [5.41, 5.74) is 2.44. The molecular weight excluding hydrogens is 342 g/mol.